The van der Waals surface area contributed by atoms with Gasteiger partial charge in [-0.25, -0.2) is 4.39 Å². The number of carbonyl (C=O) groups excluding carboxylic acids is 1. The number of halogens is 1. The highest BCUT2D eigenvalue weighted by atomic mass is 19.1. The van der Waals surface area contributed by atoms with E-state index < -0.39 is 0 Å². The molecule has 1 amide bonds. The van der Waals surface area contributed by atoms with Gasteiger partial charge in [0.25, 0.3) is 5.91 Å². The third kappa shape index (κ3) is 3.24. The number of hydrogen-bond donors (Lipinski definition) is 0. The molecule has 1 saturated carbocycles. The summed E-state index contributed by atoms with van der Waals surface area (Å²) < 4.78 is 19.6. The lowest BCUT2D eigenvalue weighted by Gasteiger charge is -2.31. The van der Waals surface area contributed by atoms with Crippen LogP contribution in [0.15, 0.2) is 18.2 Å². The van der Waals surface area contributed by atoms with Gasteiger partial charge in [-0.05, 0) is 37.0 Å². The van der Waals surface area contributed by atoms with E-state index in [1.165, 1.54) is 25.3 Å². The van der Waals surface area contributed by atoms with E-state index in [0.29, 0.717) is 43.5 Å². The average molecular weight is 306 g/mol. The topological polar surface area (TPSA) is 32.8 Å². The zero-order chi connectivity index (χ0) is 15.5. The predicted molar refractivity (Wildman–Crippen MR) is 83.7 cm³/mol. The number of nitrogens with zero attached hydrogens (tertiary/aromatic N) is 2. The van der Waals surface area contributed by atoms with E-state index in [4.69, 9.17) is 4.74 Å². The van der Waals surface area contributed by atoms with Crippen molar-refractivity contribution in [3.8, 4) is 0 Å². The van der Waals surface area contributed by atoms with Crippen molar-refractivity contribution in [2.75, 3.05) is 44.8 Å². The number of amides is 1. The quantitative estimate of drug-likeness (QED) is 0.857. The van der Waals surface area contributed by atoms with E-state index in [-0.39, 0.29) is 11.7 Å². The third-order valence-electron chi connectivity index (χ3n) is 4.65. The number of carbonyl (C=O) groups is 1. The Morgan fingerprint density at radius 3 is 2.68 bits per heavy atom. The molecule has 0 unspecified atom stereocenters. The van der Waals surface area contributed by atoms with Crippen molar-refractivity contribution in [1.29, 1.82) is 0 Å². The molecular weight excluding hydrogens is 283 g/mol. The number of hydrogen-bond acceptors (Lipinski definition) is 3. The highest BCUT2D eigenvalue weighted by Gasteiger charge is 2.23. The monoisotopic (exact) mass is 306 g/mol. The van der Waals surface area contributed by atoms with Crippen LogP contribution in [0.5, 0.6) is 0 Å². The van der Waals surface area contributed by atoms with Crippen LogP contribution in [0.4, 0.5) is 10.1 Å². The van der Waals surface area contributed by atoms with Crippen LogP contribution < -0.4 is 4.90 Å². The van der Waals surface area contributed by atoms with Crippen molar-refractivity contribution in [3.05, 3.63) is 29.6 Å². The molecule has 0 N–H and O–H groups in total. The standard InChI is InChI=1S/C17H23FN2O2/c1-19(12-13-3-2-4-13)17(21)14-5-6-16(15(18)11-14)20-7-9-22-10-8-20/h5-6,11,13H,2-4,7-10,12H2,1H3. The van der Waals surface area contributed by atoms with Crippen LogP contribution in [-0.2, 0) is 4.74 Å². The van der Waals surface area contributed by atoms with E-state index in [1.54, 1.807) is 24.1 Å². The van der Waals surface area contributed by atoms with Crippen LogP contribution in [0, 0.1) is 11.7 Å². The van der Waals surface area contributed by atoms with Crippen LogP contribution in [0.1, 0.15) is 29.6 Å². The van der Waals surface area contributed by atoms with Gasteiger partial charge in [0.1, 0.15) is 5.82 Å². The molecule has 0 bridgehead atoms. The third-order valence-corrected chi connectivity index (χ3v) is 4.65. The van der Waals surface area contributed by atoms with Crippen molar-refractivity contribution in [3.63, 3.8) is 0 Å². The second kappa shape index (κ2) is 6.65. The maximum absolute atomic E-state index is 14.3. The van der Waals surface area contributed by atoms with Crippen molar-refractivity contribution < 1.29 is 13.9 Å². The van der Waals surface area contributed by atoms with E-state index in [1.807, 2.05) is 4.90 Å². The fourth-order valence-electron chi connectivity index (χ4n) is 3.07. The minimum atomic E-state index is -0.329. The normalized spacial score (nSPS) is 18.9. The summed E-state index contributed by atoms with van der Waals surface area (Å²) in [6, 6.07) is 4.81. The van der Waals surface area contributed by atoms with Crippen LogP contribution in [0.2, 0.25) is 0 Å². The van der Waals surface area contributed by atoms with Gasteiger partial charge in [-0.2, -0.15) is 0 Å². The Morgan fingerprint density at radius 1 is 1.36 bits per heavy atom. The molecule has 1 aliphatic heterocycles. The van der Waals surface area contributed by atoms with E-state index in [2.05, 4.69) is 0 Å². The molecule has 5 heteroatoms. The highest BCUT2D eigenvalue weighted by Crippen LogP contribution is 2.27. The fourth-order valence-corrected chi connectivity index (χ4v) is 3.07. The van der Waals surface area contributed by atoms with Gasteiger partial charge in [0, 0.05) is 32.2 Å². The summed E-state index contributed by atoms with van der Waals surface area (Å²) in [4.78, 5) is 16.1. The van der Waals surface area contributed by atoms with Gasteiger partial charge in [-0.1, -0.05) is 6.42 Å². The lowest BCUT2D eigenvalue weighted by Crippen LogP contribution is -2.37. The Kier molecular flexibility index (Phi) is 4.62. The summed E-state index contributed by atoms with van der Waals surface area (Å²) in [5.41, 5.74) is 0.984. The van der Waals surface area contributed by atoms with E-state index >= 15 is 0 Å². The van der Waals surface area contributed by atoms with Crippen molar-refractivity contribution in [2.24, 2.45) is 5.92 Å². The molecule has 22 heavy (non-hydrogen) atoms. The molecule has 4 nitrogen and oxygen atoms in total. The van der Waals surface area contributed by atoms with Crippen molar-refractivity contribution in [2.45, 2.75) is 19.3 Å². The minimum absolute atomic E-state index is 0.0978. The van der Waals surface area contributed by atoms with Gasteiger partial charge >= 0.3 is 0 Å². The highest BCUT2D eigenvalue weighted by molar-refractivity contribution is 5.94. The van der Waals surface area contributed by atoms with Crippen LogP contribution in [0.25, 0.3) is 0 Å². The molecule has 2 fully saturated rings. The van der Waals surface area contributed by atoms with Crippen molar-refractivity contribution in [1.82, 2.24) is 4.90 Å². The Morgan fingerprint density at radius 2 is 2.09 bits per heavy atom. The Bertz CT molecular complexity index is 539. The molecule has 0 atom stereocenters. The first-order chi connectivity index (χ1) is 10.6. The molecule has 1 aliphatic carbocycles. The molecule has 3 rings (SSSR count). The average Bonchev–Trinajstić information content (AvgIpc) is 2.50. The number of morpholine rings is 1. The molecular formula is C17H23FN2O2. The first-order valence-electron chi connectivity index (χ1n) is 8.03. The van der Waals surface area contributed by atoms with Gasteiger partial charge in [-0.3, -0.25) is 4.79 Å². The van der Waals surface area contributed by atoms with Gasteiger partial charge in [-0.15, -0.1) is 0 Å². The Hall–Kier alpha value is -1.62. The van der Waals surface area contributed by atoms with Gasteiger partial charge in [0.05, 0.1) is 18.9 Å². The van der Waals surface area contributed by atoms with Gasteiger partial charge in [0.15, 0.2) is 0 Å². The minimum Gasteiger partial charge on any atom is -0.378 e. The molecule has 0 aromatic heterocycles. The predicted octanol–water partition coefficient (Wildman–Crippen LogP) is 2.53. The van der Waals surface area contributed by atoms with Crippen LogP contribution in [-0.4, -0.2) is 50.7 Å². The van der Waals surface area contributed by atoms with E-state index in [0.717, 1.165) is 6.54 Å². The second-order valence-corrected chi connectivity index (χ2v) is 6.25. The zero-order valence-electron chi connectivity index (χ0n) is 13.1. The van der Waals surface area contributed by atoms with Gasteiger partial charge in [0.2, 0.25) is 0 Å². The lowest BCUT2D eigenvalue weighted by molar-refractivity contribution is 0.0744. The molecule has 0 spiro atoms. The smallest absolute Gasteiger partial charge is 0.253 e. The first-order valence-corrected chi connectivity index (χ1v) is 8.03. The van der Waals surface area contributed by atoms with Crippen LogP contribution >= 0.6 is 0 Å². The molecule has 120 valence electrons. The molecule has 0 radical (unpaired) electrons. The van der Waals surface area contributed by atoms with Crippen molar-refractivity contribution >= 4 is 11.6 Å². The lowest BCUT2D eigenvalue weighted by atomic mass is 9.85. The molecule has 1 aromatic carbocycles. The maximum atomic E-state index is 14.3. The van der Waals surface area contributed by atoms with E-state index in [9.17, 15) is 9.18 Å². The molecule has 1 aromatic rings. The number of anilines is 1. The van der Waals surface area contributed by atoms with Gasteiger partial charge < -0.3 is 14.5 Å². The Balaban J connectivity index is 1.68. The summed E-state index contributed by atoms with van der Waals surface area (Å²) in [6.07, 6.45) is 3.65. The molecule has 1 heterocycles. The summed E-state index contributed by atoms with van der Waals surface area (Å²) in [5.74, 6) is 0.190. The summed E-state index contributed by atoms with van der Waals surface area (Å²) in [7, 11) is 1.80. The fraction of sp³-hybridized carbons (Fsp3) is 0.588. The molecule has 1 saturated heterocycles. The van der Waals surface area contributed by atoms with Crippen LogP contribution in [0.3, 0.4) is 0 Å². The summed E-state index contributed by atoms with van der Waals surface area (Å²) in [6.45, 7) is 3.37. The summed E-state index contributed by atoms with van der Waals surface area (Å²) >= 11 is 0. The number of rotatable bonds is 4. The second-order valence-electron chi connectivity index (χ2n) is 6.25. The maximum Gasteiger partial charge on any atom is 0.253 e. The first kappa shape index (κ1) is 15.3. The molecule has 2 aliphatic rings. The summed E-state index contributed by atoms with van der Waals surface area (Å²) in [5, 5.41) is 0. The Labute approximate surface area is 130 Å². The number of benzene rings is 1. The number of ether oxygens (including phenoxy) is 1. The largest absolute Gasteiger partial charge is 0.378 e. The SMILES string of the molecule is CN(CC1CCC1)C(=O)c1ccc(N2CCOCC2)c(F)c1. The zero-order valence-corrected chi connectivity index (χ0v) is 13.1.